The molecular formula is C19H15F4N3O4S2. The SMILES string of the molecule is O=S(=O)(Nc1nccs1)c1ccc2c(c1)OCCN2c1ccc(OC(F)(F)C(F)F)cc1. The molecule has 0 saturated carbocycles. The van der Waals surface area contributed by atoms with Crippen molar-refractivity contribution >= 4 is 37.9 Å². The summed E-state index contributed by atoms with van der Waals surface area (Å²) in [4.78, 5) is 5.65. The molecule has 0 aliphatic carbocycles. The molecule has 0 fully saturated rings. The number of sulfonamides is 1. The largest absolute Gasteiger partial charge is 0.489 e. The number of halogens is 4. The molecule has 13 heteroatoms. The summed E-state index contributed by atoms with van der Waals surface area (Å²) < 4.78 is 88.0. The molecule has 0 spiro atoms. The second kappa shape index (κ2) is 8.47. The highest BCUT2D eigenvalue weighted by Gasteiger charge is 2.44. The zero-order valence-electron chi connectivity index (χ0n) is 16.0. The minimum absolute atomic E-state index is 0.0220. The number of hydrogen-bond acceptors (Lipinski definition) is 7. The summed E-state index contributed by atoms with van der Waals surface area (Å²) in [5.74, 6) is -0.106. The van der Waals surface area contributed by atoms with Gasteiger partial charge in [0.05, 0.1) is 17.1 Å². The van der Waals surface area contributed by atoms with Crippen LogP contribution in [0.4, 0.5) is 34.1 Å². The normalized spacial score (nSPS) is 14.1. The minimum atomic E-state index is -4.60. The number of aromatic nitrogens is 1. The van der Waals surface area contributed by atoms with Crippen LogP contribution in [-0.4, -0.2) is 39.1 Å². The molecule has 0 unspecified atom stereocenters. The summed E-state index contributed by atoms with van der Waals surface area (Å²) >= 11 is 1.14. The molecule has 0 saturated heterocycles. The Hall–Kier alpha value is -3.06. The van der Waals surface area contributed by atoms with Gasteiger partial charge in [-0.3, -0.25) is 4.72 Å². The highest BCUT2D eigenvalue weighted by atomic mass is 32.2. The van der Waals surface area contributed by atoms with Gasteiger partial charge in [-0.1, -0.05) is 0 Å². The molecule has 2 heterocycles. The second-order valence-corrected chi connectivity index (χ2v) is 9.11. The van der Waals surface area contributed by atoms with Gasteiger partial charge >= 0.3 is 12.5 Å². The molecule has 0 atom stereocenters. The van der Waals surface area contributed by atoms with Crippen molar-refractivity contribution in [2.45, 2.75) is 17.4 Å². The number of fused-ring (bicyclic) bond motifs is 1. The molecule has 4 rings (SSSR count). The first-order valence-corrected chi connectivity index (χ1v) is 11.4. The van der Waals surface area contributed by atoms with E-state index in [9.17, 15) is 26.0 Å². The fourth-order valence-corrected chi connectivity index (χ4v) is 4.78. The van der Waals surface area contributed by atoms with Crippen molar-refractivity contribution in [2.24, 2.45) is 0 Å². The maximum absolute atomic E-state index is 13.1. The Bertz CT molecular complexity index is 1190. The fourth-order valence-electron chi connectivity index (χ4n) is 2.98. The predicted octanol–water partition coefficient (Wildman–Crippen LogP) is 4.71. The van der Waals surface area contributed by atoms with Crippen LogP contribution in [0.1, 0.15) is 0 Å². The van der Waals surface area contributed by atoms with Gasteiger partial charge in [0, 0.05) is 23.3 Å². The highest BCUT2D eigenvalue weighted by Crippen LogP contribution is 2.39. The Morgan fingerprint density at radius 3 is 2.59 bits per heavy atom. The van der Waals surface area contributed by atoms with Gasteiger partial charge in [0.25, 0.3) is 10.0 Å². The smallest absolute Gasteiger partial charge is 0.461 e. The Morgan fingerprint density at radius 1 is 1.19 bits per heavy atom. The molecule has 0 radical (unpaired) electrons. The van der Waals surface area contributed by atoms with Crippen LogP contribution >= 0.6 is 11.3 Å². The van der Waals surface area contributed by atoms with Crippen LogP contribution in [0.5, 0.6) is 11.5 Å². The first-order valence-electron chi connectivity index (χ1n) is 9.07. The predicted molar refractivity (Wildman–Crippen MR) is 110 cm³/mol. The van der Waals surface area contributed by atoms with Gasteiger partial charge in [-0.25, -0.2) is 13.4 Å². The number of rotatable bonds is 7. The molecule has 0 amide bonds. The van der Waals surface area contributed by atoms with Crippen molar-refractivity contribution in [3.8, 4) is 11.5 Å². The number of nitrogens with one attached hydrogen (secondary N) is 1. The van der Waals surface area contributed by atoms with Gasteiger partial charge in [0.2, 0.25) is 0 Å². The van der Waals surface area contributed by atoms with Gasteiger partial charge in [-0.2, -0.15) is 17.6 Å². The number of hydrogen-bond donors (Lipinski definition) is 1. The highest BCUT2D eigenvalue weighted by molar-refractivity contribution is 7.93. The number of anilines is 3. The molecule has 0 bridgehead atoms. The quantitative estimate of drug-likeness (QED) is 0.484. The van der Waals surface area contributed by atoms with Gasteiger partial charge in [-0.05, 0) is 36.4 Å². The molecule has 1 N–H and O–H groups in total. The summed E-state index contributed by atoms with van der Waals surface area (Å²) in [7, 11) is -3.88. The van der Waals surface area contributed by atoms with E-state index in [-0.39, 0.29) is 16.6 Å². The van der Waals surface area contributed by atoms with Crippen LogP contribution < -0.4 is 19.1 Å². The van der Waals surface area contributed by atoms with Crippen LogP contribution in [-0.2, 0) is 10.0 Å². The molecule has 7 nitrogen and oxygen atoms in total. The number of nitrogens with zero attached hydrogens (tertiary/aromatic N) is 2. The number of benzene rings is 2. The molecule has 1 aliphatic rings. The molecule has 32 heavy (non-hydrogen) atoms. The maximum Gasteiger partial charge on any atom is 0.461 e. The Labute approximate surface area is 184 Å². The Kier molecular flexibility index (Phi) is 5.86. The van der Waals surface area contributed by atoms with Crippen LogP contribution in [0, 0.1) is 0 Å². The van der Waals surface area contributed by atoms with E-state index in [1.165, 1.54) is 30.5 Å². The Balaban J connectivity index is 1.56. The second-order valence-electron chi connectivity index (χ2n) is 6.53. The lowest BCUT2D eigenvalue weighted by Gasteiger charge is -2.31. The monoisotopic (exact) mass is 489 g/mol. The van der Waals surface area contributed by atoms with Crippen molar-refractivity contribution < 1.29 is 35.5 Å². The van der Waals surface area contributed by atoms with Crippen molar-refractivity contribution in [3.63, 3.8) is 0 Å². The summed E-state index contributed by atoms with van der Waals surface area (Å²) in [5.41, 5.74) is 1.11. The average Bonchev–Trinajstić information content (AvgIpc) is 3.25. The molecular weight excluding hydrogens is 474 g/mol. The third-order valence-corrected chi connectivity index (χ3v) is 6.57. The van der Waals surface area contributed by atoms with Gasteiger partial charge in [0.1, 0.15) is 18.1 Å². The van der Waals surface area contributed by atoms with Gasteiger partial charge in [-0.15, -0.1) is 11.3 Å². The summed E-state index contributed by atoms with van der Waals surface area (Å²) in [6, 6.07) is 9.49. The number of alkyl halides is 4. The maximum atomic E-state index is 13.1. The number of thiazole rings is 1. The first-order chi connectivity index (χ1) is 15.2. The lowest BCUT2D eigenvalue weighted by atomic mass is 10.2. The fraction of sp³-hybridized carbons (Fsp3) is 0.211. The zero-order chi connectivity index (χ0) is 22.9. The standard InChI is InChI=1S/C19H15F4N3O4S2/c20-17(21)19(22,23)30-13-3-1-12(2-4-13)26-8-9-29-16-11-14(5-6-15(16)26)32(27,28)25-18-24-7-10-31-18/h1-7,10-11,17H,8-9H2,(H,24,25). The summed E-state index contributed by atoms with van der Waals surface area (Å²) in [6.45, 7) is 0.627. The van der Waals surface area contributed by atoms with Gasteiger partial charge < -0.3 is 14.4 Å². The van der Waals surface area contributed by atoms with Crippen LogP contribution in [0.15, 0.2) is 58.9 Å². The minimum Gasteiger partial charge on any atom is -0.489 e. The zero-order valence-corrected chi connectivity index (χ0v) is 17.7. The van der Waals surface area contributed by atoms with Crippen molar-refractivity contribution in [2.75, 3.05) is 22.8 Å². The van der Waals surface area contributed by atoms with E-state index in [4.69, 9.17) is 4.74 Å². The van der Waals surface area contributed by atoms with Gasteiger partial charge in [0.15, 0.2) is 5.13 Å². The van der Waals surface area contributed by atoms with Crippen molar-refractivity contribution in [1.29, 1.82) is 0 Å². The van der Waals surface area contributed by atoms with Crippen molar-refractivity contribution in [1.82, 2.24) is 4.98 Å². The van der Waals surface area contributed by atoms with E-state index < -0.39 is 28.3 Å². The van der Waals surface area contributed by atoms with E-state index in [1.54, 1.807) is 16.3 Å². The van der Waals surface area contributed by atoms with E-state index in [0.717, 1.165) is 23.5 Å². The van der Waals surface area contributed by atoms with Crippen LogP contribution in [0.2, 0.25) is 0 Å². The van der Waals surface area contributed by atoms with E-state index in [0.29, 0.717) is 23.7 Å². The molecule has 3 aromatic rings. The number of ether oxygens (including phenoxy) is 2. The summed E-state index contributed by atoms with van der Waals surface area (Å²) in [5, 5.41) is 1.86. The lowest BCUT2D eigenvalue weighted by molar-refractivity contribution is -0.253. The molecule has 1 aromatic heterocycles. The third kappa shape index (κ3) is 4.58. The Morgan fingerprint density at radius 2 is 1.94 bits per heavy atom. The molecule has 2 aromatic carbocycles. The van der Waals surface area contributed by atoms with Crippen LogP contribution in [0.25, 0.3) is 0 Å². The molecule has 1 aliphatic heterocycles. The van der Waals surface area contributed by atoms with E-state index in [2.05, 4.69) is 14.4 Å². The lowest BCUT2D eigenvalue weighted by Crippen LogP contribution is -2.33. The molecule has 170 valence electrons. The topological polar surface area (TPSA) is 80.8 Å². The average molecular weight is 489 g/mol. The first kappa shape index (κ1) is 22.1. The van der Waals surface area contributed by atoms with E-state index >= 15 is 0 Å². The van der Waals surface area contributed by atoms with E-state index in [1.807, 2.05) is 0 Å². The third-order valence-electron chi connectivity index (χ3n) is 4.42. The van der Waals surface area contributed by atoms with Crippen LogP contribution in [0.3, 0.4) is 0 Å². The van der Waals surface area contributed by atoms with Crippen molar-refractivity contribution in [3.05, 3.63) is 54.0 Å². The summed E-state index contributed by atoms with van der Waals surface area (Å²) in [6.07, 6.45) is -7.08.